The summed E-state index contributed by atoms with van der Waals surface area (Å²) in [6.07, 6.45) is 9.47. The summed E-state index contributed by atoms with van der Waals surface area (Å²) in [4.78, 5) is 4.67. The van der Waals surface area contributed by atoms with Gasteiger partial charge in [-0.25, -0.2) is 4.98 Å². The van der Waals surface area contributed by atoms with Gasteiger partial charge in [0, 0.05) is 23.8 Å². The van der Waals surface area contributed by atoms with Crippen molar-refractivity contribution >= 4 is 11.3 Å². The lowest BCUT2D eigenvalue weighted by Gasteiger charge is -2.22. The summed E-state index contributed by atoms with van der Waals surface area (Å²) in [5, 5.41) is 7.04. The third-order valence-corrected chi connectivity index (χ3v) is 5.05. The first-order valence-corrected chi connectivity index (χ1v) is 8.53. The average molecular weight is 289 g/mol. The molecular formula is C16H23N3S. The second-order valence-electron chi connectivity index (χ2n) is 5.50. The van der Waals surface area contributed by atoms with Gasteiger partial charge >= 0.3 is 0 Å². The van der Waals surface area contributed by atoms with E-state index in [-0.39, 0.29) is 0 Å². The largest absolute Gasteiger partial charge is 0.348 e. The van der Waals surface area contributed by atoms with Crippen LogP contribution in [0.2, 0.25) is 0 Å². The maximum absolute atomic E-state index is 4.67. The van der Waals surface area contributed by atoms with Crippen molar-refractivity contribution in [2.24, 2.45) is 0 Å². The number of aryl methyl sites for hydroxylation is 2. The Morgan fingerprint density at radius 2 is 2.30 bits per heavy atom. The maximum atomic E-state index is 4.67. The van der Waals surface area contributed by atoms with E-state index in [9.17, 15) is 0 Å². The lowest BCUT2D eigenvalue weighted by molar-refractivity contribution is 0.473. The molecule has 0 amide bonds. The van der Waals surface area contributed by atoms with Gasteiger partial charge in [-0.3, -0.25) is 0 Å². The Labute approximate surface area is 125 Å². The van der Waals surface area contributed by atoms with Gasteiger partial charge in [0.1, 0.15) is 0 Å². The zero-order chi connectivity index (χ0) is 13.9. The van der Waals surface area contributed by atoms with Crippen LogP contribution in [0, 0.1) is 0 Å². The number of nitrogens with zero attached hydrogens (tertiary/aromatic N) is 2. The Balaban J connectivity index is 1.78. The van der Waals surface area contributed by atoms with E-state index in [0.29, 0.717) is 6.04 Å². The van der Waals surface area contributed by atoms with E-state index >= 15 is 0 Å². The second-order valence-corrected chi connectivity index (χ2v) is 6.44. The number of fused-ring (bicyclic) bond motifs is 1. The number of hydrogen-bond acceptors (Lipinski definition) is 3. The summed E-state index contributed by atoms with van der Waals surface area (Å²) >= 11 is 1.78. The fraction of sp³-hybridized carbons (Fsp3) is 0.562. The summed E-state index contributed by atoms with van der Waals surface area (Å²) in [6.45, 7) is 6.30. The van der Waals surface area contributed by atoms with Crippen molar-refractivity contribution in [3.63, 3.8) is 0 Å². The molecule has 3 nitrogen and oxygen atoms in total. The average Bonchev–Trinajstić information content (AvgIpc) is 3.06. The lowest BCUT2D eigenvalue weighted by Crippen LogP contribution is -2.23. The zero-order valence-corrected chi connectivity index (χ0v) is 13.2. The molecule has 1 aliphatic carbocycles. The normalized spacial score (nSPS) is 18.2. The summed E-state index contributed by atoms with van der Waals surface area (Å²) in [6, 6.07) is 0.548. The van der Waals surface area contributed by atoms with Crippen LogP contribution in [0.4, 0.5) is 0 Å². The van der Waals surface area contributed by atoms with Crippen LogP contribution < -0.4 is 5.32 Å². The fourth-order valence-corrected chi connectivity index (χ4v) is 3.80. The first-order chi connectivity index (χ1) is 9.80. The van der Waals surface area contributed by atoms with Crippen LogP contribution in [-0.4, -0.2) is 16.1 Å². The van der Waals surface area contributed by atoms with Crippen molar-refractivity contribution < 1.29 is 0 Å². The predicted molar refractivity (Wildman–Crippen MR) is 84.4 cm³/mol. The highest BCUT2D eigenvalue weighted by molar-refractivity contribution is 7.09. The molecule has 1 N–H and O–H groups in total. The highest BCUT2D eigenvalue weighted by Crippen LogP contribution is 2.30. The van der Waals surface area contributed by atoms with Crippen molar-refractivity contribution in [1.82, 2.24) is 14.9 Å². The van der Waals surface area contributed by atoms with E-state index < -0.39 is 0 Å². The molecule has 0 fully saturated rings. The molecule has 0 bridgehead atoms. The number of hydrogen-bond donors (Lipinski definition) is 1. The second kappa shape index (κ2) is 6.10. The molecule has 4 heteroatoms. The lowest BCUT2D eigenvalue weighted by atomic mass is 9.91. The summed E-state index contributed by atoms with van der Waals surface area (Å²) < 4.78 is 2.31. The van der Waals surface area contributed by atoms with Crippen LogP contribution >= 0.6 is 11.3 Å². The highest BCUT2D eigenvalue weighted by Gasteiger charge is 2.21. The minimum Gasteiger partial charge on any atom is -0.348 e. The maximum Gasteiger partial charge on any atom is 0.0926 e. The smallest absolute Gasteiger partial charge is 0.0926 e. The zero-order valence-electron chi connectivity index (χ0n) is 12.4. The number of rotatable bonds is 5. The SMILES string of the molecule is CCNC1CCCc2cn(Cc3csc(CC)n3)cc21. The van der Waals surface area contributed by atoms with Gasteiger partial charge < -0.3 is 9.88 Å². The Hall–Kier alpha value is -1.13. The van der Waals surface area contributed by atoms with Crippen molar-refractivity contribution in [3.05, 3.63) is 39.6 Å². The first kappa shape index (κ1) is 13.8. The van der Waals surface area contributed by atoms with Crippen LogP contribution in [0.15, 0.2) is 17.8 Å². The summed E-state index contributed by atoms with van der Waals surface area (Å²) in [7, 11) is 0. The molecule has 3 rings (SSSR count). The van der Waals surface area contributed by atoms with Gasteiger partial charge in [-0.15, -0.1) is 11.3 Å². The fourth-order valence-electron chi connectivity index (χ4n) is 3.07. The molecule has 1 unspecified atom stereocenters. The van der Waals surface area contributed by atoms with Crippen LogP contribution in [0.5, 0.6) is 0 Å². The van der Waals surface area contributed by atoms with Crippen LogP contribution in [-0.2, 0) is 19.4 Å². The third-order valence-electron chi connectivity index (χ3n) is 4.01. The highest BCUT2D eigenvalue weighted by atomic mass is 32.1. The van der Waals surface area contributed by atoms with E-state index in [2.05, 4.69) is 46.5 Å². The molecule has 20 heavy (non-hydrogen) atoms. The molecule has 108 valence electrons. The van der Waals surface area contributed by atoms with E-state index in [0.717, 1.165) is 19.5 Å². The summed E-state index contributed by atoms with van der Waals surface area (Å²) in [5.41, 5.74) is 4.22. The van der Waals surface area contributed by atoms with Crippen molar-refractivity contribution in [2.75, 3.05) is 6.54 Å². The molecule has 0 spiro atoms. The van der Waals surface area contributed by atoms with Gasteiger partial charge in [-0.1, -0.05) is 13.8 Å². The molecule has 1 aliphatic rings. The van der Waals surface area contributed by atoms with Crippen molar-refractivity contribution in [1.29, 1.82) is 0 Å². The van der Waals surface area contributed by atoms with Gasteiger partial charge in [0.05, 0.1) is 17.2 Å². The predicted octanol–water partition coefficient (Wildman–Crippen LogP) is 3.54. The van der Waals surface area contributed by atoms with E-state index in [1.807, 2.05) is 0 Å². The monoisotopic (exact) mass is 289 g/mol. The topological polar surface area (TPSA) is 29.9 Å². The Kier molecular flexibility index (Phi) is 4.22. The number of nitrogens with one attached hydrogen (secondary N) is 1. The molecule has 2 aromatic heterocycles. The Morgan fingerprint density at radius 1 is 1.40 bits per heavy atom. The molecule has 2 heterocycles. The molecular weight excluding hydrogens is 266 g/mol. The molecule has 0 saturated carbocycles. The van der Waals surface area contributed by atoms with Gasteiger partial charge in [-0.05, 0) is 43.4 Å². The summed E-state index contributed by atoms with van der Waals surface area (Å²) in [5.74, 6) is 0. The number of aromatic nitrogens is 2. The quantitative estimate of drug-likeness (QED) is 0.912. The van der Waals surface area contributed by atoms with Gasteiger partial charge in [0.2, 0.25) is 0 Å². The van der Waals surface area contributed by atoms with Gasteiger partial charge in [0.25, 0.3) is 0 Å². The van der Waals surface area contributed by atoms with Crippen molar-refractivity contribution in [3.8, 4) is 0 Å². The molecule has 2 aromatic rings. The van der Waals surface area contributed by atoms with Crippen LogP contribution in [0.25, 0.3) is 0 Å². The number of thiazole rings is 1. The van der Waals surface area contributed by atoms with Crippen LogP contribution in [0.3, 0.4) is 0 Å². The third kappa shape index (κ3) is 2.81. The van der Waals surface area contributed by atoms with E-state index in [1.165, 1.54) is 41.1 Å². The molecule has 0 aliphatic heterocycles. The Morgan fingerprint density at radius 3 is 3.05 bits per heavy atom. The standard InChI is InChI=1S/C16H23N3S/c1-3-16-18-13(11-20-16)9-19-8-12-6-5-7-15(17-4-2)14(12)10-19/h8,10-11,15,17H,3-7,9H2,1-2H3. The van der Waals surface area contributed by atoms with E-state index in [4.69, 9.17) is 0 Å². The molecule has 1 atom stereocenters. The van der Waals surface area contributed by atoms with Gasteiger partial charge in [0.15, 0.2) is 0 Å². The molecule has 0 radical (unpaired) electrons. The first-order valence-electron chi connectivity index (χ1n) is 7.65. The Bertz CT molecular complexity index is 570. The molecule has 0 aromatic carbocycles. The van der Waals surface area contributed by atoms with E-state index in [1.54, 1.807) is 11.3 Å². The van der Waals surface area contributed by atoms with Gasteiger partial charge in [-0.2, -0.15) is 0 Å². The minimum atomic E-state index is 0.548. The molecule has 0 saturated heterocycles. The minimum absolute atomic E-state index is 0.548. The van der Waals surface area contributed by atoms with Crippen LogP contribution in [0.1, 0.15) is 54.6 Å². The van der Waals surface area contributed by atoms with Crippen molar-refractivity contribution in [2.45, 2.75) is 52.1 Å².